The van der Waals surface area contributed by atoms with E-state index in [9.17, 15) is 9.18 Å². The van der Waals surface area contributed by atoms with E-state index in [4.69, 9.17) is 10.5 Å². The highest BCUT2D eigenvalue weighted by Gasteiger charge is 2.34. The average Bonchev–Trinajstić information content (AvgIpc) is 3.24. The van der Waals surface area contributed by atoms with Crippen LogP contribution in [0.25, 0.3) is 0 Å². The number of alkyl halides is 1. The zero-order chi connectivity index (χ0) is 21.3. The molecule has 0 radical (unpaired) electrons. The fourth-order valence-electron chi connectivity index (χ4n) is 4.01. The Labute approximate surface area is 175 Å². The largest absolute Gasteiger partial charge is 0.457 e. The molecule has 1 saturated heterocycles. The Bertz CT molecular complexity index is 1030. The Kier molecular flexibility index (Phi) is 5.55. The third-order valence-corrected chi connectivity index (χ3v) is 5.45. The summed E-state index contributed by atoms with van der Waals surface area (Å²) in [5.74, 6) is 0.845. The molecule has 1 fully saturated rings. The van der Waals surface area contributed by atoms with Gasteiger partial charge in [-0.15, -0.1) is 0 Å². The van der Waals surface area contributed by atoms with Crippen molar-refractivity contribution >= 4 is 5.91 Å². The predicted octanol–water partition coefficient (Wildman–Crippen LogP) is 3.90. The first-order valence-corrected chi connectivity index (χ1v) is 9.94. The van der Waals surface area contributed by atoms with E-state index in [1.807, 2.05) is 44.4 Å². The quantitative estimate of drug-likeness (QED) is 0.671. The lowest BCUT2D eigenvalue weighted by Crippen LogP contribution is -2.24. The van der Waals surface area contributed by atoms with Crippen molar-refractivity contribution in [2.45, 2.75) is 32.1 Å². The van der Waals surface area contributed by atoms with E-state index < -0.39 is 12.1 Å². The summed E-state index contributed by atoms with van der Waals surface area (Å²) in [5.41, 5.74) is 8.83. The van der Waals surface area contributed by atoms with Gasteiger partial charge < -0.3 is 10.5 Å². The van der Waals surface area contributed by atoms with Crippen LogP contribution in [0.15, 0.2) is 54.7 Å². The lowest BCUT2D eigenvalue weighted by atomic mass is 10.0. The molecule has 4 rings (SSSR count). The summed E-state index contributed by atoms with van der Waals surface area (Å²) in [6, 6.07) is 14.5. The lowest BCUT2D eigenvalue weighted by molar-refractivity contribution is 0.100. The van der Waals surface area contributed by atoms with Crippen LogP contribution >= 0.6 is 0 Å². The normalized spacial score (nSPS) is 19.2. The molecule has 0 bridgehead atoms. The van der Waals surface area contributed by atoms with Gasteiger partial charge in [0.05, 0.1) is 5.69 Å². The van der Waals surface area contributed by atoms with Crippen LogP contribution in [0.2, 0.25) is 0 Å². The Morgan fingerprint density at radius 1 is 1.17 bits per heavy atom. The molecule has 1 amide bonds. The summed E-state index contributed by atoms with van der Waals surface area (Å²) < 4.78 is 21.8. The smallest absolute Gasteiger partial charge is 0.248 e. The fourth-order valence-corrected chi connectivity index (χ4v) is 4.01. The monoisotopic (exact) mass is 408 g/mol. The standard InChI is InChI=1S/C23H25FN4O2/c1-15-21(14-27(2)26-15)22-11-18(24)13-28(22)12-16-3-7-19(8-4-16)30-20-9-5-17(6-10-20)23(25)29/h3-10,14,18,22H,11-13H2,1-2H3,(H2,25,29). The van der Waals surface area contributed by atoms with E-state index in [0.717, 1.165) is 16.8 Å². The van der Waals surface area contributed by atoms with Crippen LogP contribution in [0.1, 0.15) is 39.6 Å². The second kappa shape index (κ2) is 8.28. The van der Waals surface area contributed by atoms with Crippen LogP contribution < -0.4 is 10.5 Å². The Morgan fingerprint density at radius 3 is 2.37 bits per heavy atom. The molecular weight excluding hydrogens is 383 g/mol. The molecule has 1 aromatic heterocycles. The molecule has 2 heterocycles. The molecule has 1 aliphatic rings. The Morgan fingerprint density at radius 2 is 1.80 bits per heavy atom. The molecule has 0 aliphatic carbocycles. The molecule has 2 atom stereocenters. The highest BCUT2D eigenvalue weighted by Crippen LogP contribution is 2.36. The van der Waals surface area contributed by atoms with Gasteiger partial charge >= 0.3 is 0 Å². The van der Waals surface area contributed by atoms with Crippen LogP contribution in [0.5, 0.6) is 11.5 Å². The number of benzene rings is 2. The predicted molar refractivity (Wildman–Crippen MR) is 112 cm³/mol. The van der Waals surface area contributed by atoms with Gasteiger partial charge in [0, 0.05) is 43.5 Å². The third kappa shape index (κ3) is 4.36. The van der Waals surface area contributed by atoms with Crippen molar-refractivity contribution in [2.24, 2.45) is 12.8 Å². The van der Waals surface area contributed by atoms with Gasteiger partial charge in [0.15, 0.2) is 0 Å². The summed E-state index contributed by atoms with van der Waals surface area (Å²) in [6.45, 7) is 3.05. The lowest BCUT2D eigenvalue weighted by Gasteiger charge is -2.24. The van der Waals surface area contributed by atoms with Crippen LogP contribution in [0.4, 0.5) is 4.39 Å². The molecule has 2 aromatic carbocycles. The summed E-state index contributed by atoms with van der Waals surface area (Å²) >= 11 is 0. The van der Waals surface area contributed by atoms with Gasteiger partial charge in [-0.2, -0.15) is 5.10 Å². The van der Waals surface area contributed by atoms with Crippen LogP contribution in [-0.4, -0.2) is 33.3 Å². The van der Waals surface area contributed by atoms with Gasteiger partial charge in [-0.3, -0.25) is 14.4 Å². The summed E-state index contributed by atoms with van der Waals surface area (Å²) in [5, 5.41) is 4.41. The van der Waals surface area contributed by atoms with Crippen molar-refractivity contribution in [2.75, 3.05) is 6.54 Å². The van der Waals surface area contributed by atoms with Crippen molar-refractivity contribution in [1.29, 1.82) is 0 Å². The Balaban J connectivity index is 1.43. The summed E-state index contributed by atoms with van der Waals surface area (Å²) in [7, 11) is 1.89. The SMILES string of the molecule is Cc1nn(C)cc1C1CC(F)CN1Cc1ccc(Oc2ccc(C(N)=O)cc2)cc1. The highest BCUT2D eigenvalue weighted by atomic mass is 19.1. The third-order valence-electron chi connectivity index (χ3n) is 5.45. The van der Waals surface area contributed by atoms with Crippen molar-refractivity contribution in [3.63, 3.8) is 0 Å². The van der Waals surface area contributed by atoms with Crippen LogP contribution in [0.3, 0.4) is 0 Å². The van der Waals surface area contributed by atoms with Gasteiger partial charge in [0.2, 0.25) is 5.91 Å². The average molecular weight is 408 g/mol. The molecule has 1 aliphatic heterocycles. The number of rotatable bonds is 6. The number of amides is 1. The zero-order valence-corrected chi connectivity index (χ0v) is 17.1. The molecule has 2 unspecified atom stereocenters. The van der Waals surface area contributed by atoms with Gasteiger partial charge in [0.25, 0.3) is 0 Å². The minimum Gasteiger partial charge on any atom is -0.457 e. The summed E-state index contributed by atoms with van der Waals surface area (Å²) in [4.78, 5) is 13.3. The van der Waals surface area contributed by atoms with Crippen molar-refractivity contribution in [3.8, 4) is 11.5 Å². The van der Waals surface area contributed by atoms with E-state index in [0.29, 0.717) is 36.6 Å². The molecule has 0 spiro atoms. The van der Waals surface area contributed by atoms with Gasteiger partial charge in [0.1, 0.15) is 17.7 Å². The number of nitrogens with two attached hydrogens (primary N) is 1. The first-order valence-electron chi connectivity index (χ1n) is 9.94. The van der Waals surface area contributed by atoms with Crippen LogP contribution in [0, 0.1) is 6.92 Å². The minimum absolute atomic E-state index is 0.0356. The first-order chi connectivity index (χ1) is 14.4. The zero-order valence-electron chi connectivity index (χ0n) is 17.1. The number of aromatic nitrogens is 2. The number of halogens is 1. The molecule has 2 N–H and O–H groups in total. The van der Waals surface area contributed by atoms with Crippen molar-refractivity contribution in [1.82, 2.24) is 14.7 Å². The first kappa shape index (κ1) is 20.1. The van der Waals surface area contributed by atoms with E-state index in [1.54, 1.807) is 28.9 Å². The Hall–Kier alpha value is -3.19. The maximum atomic E-state index is 14.2. The topological polar surface area (TPSA) is 73.4 Å². The highest BCUT2D eigenvalue weighted by molar-refractivity contribution is 5.92. The van der Waals surface area contributed by atoms with Crippen molar-refractivity contribution < 1.29 is 13.9 Å². The number of hydrogen-bond donors (Lipinski definition) is 1. The summed E-state index contributed by atoms with van der Waals surface area (Å²) in [6.07, 6.45) is 1.65. The van der Waals surface area contributed by atoms with Gasteiger partial charge in [-0.05, 0) is 55.3 Å². The number of nitrogens with zero attached hydrogens (tertiary/aromatic N) is 3. The molecular formula is C23H25FN4O2. The number of likely N-dealkylation sites (tertiary alicyclic amines) is 1. The van der Waals surface area contributed by atoms with E-state index in [-0.39, 0.29) is 6.04 Å². The van der Waals surface area contributed by atoms with Gasteiger partial charge in [-0.1, -0.05) is 12.1 Å². The number of primary amides is 1. The number of ether oxygens (including phenoxy) is 1. The van der Waals surface area contributed by atoms with Crippen molar-refractivity contribution in [3.05, 3.63) is 77.1 Å². The van der Waals surface area contributed by atoms with E-state index in [1.165, 1.54) is 0 Å². The van der Waals surface area contributed by atoms with E-state index >= 15 is 0 Å². The molecule has 0 saturated carbocycles. The van der Waals surface area contributed by atoms with Crippen LogP contribution in [-0.2, 0) is 13.6 Å². The van der Waals surface area contributed by atoms with E-state index in [2.05, 4.69) is 10.00 Å². The molecule has 7 heteroatoms. The number of aryl methyl sites for hydroxylation is 2. The molecule has 156 valence electrons. The minimum atomic E-state index is -0.833. The molecule has 6 nitrogen and oxygen atoms in total. The number of carbonyl (C=O) groups is 1. The maximum Gasteiger partial charge on any atom is 0.248 e. The molecule has 30 heavy (non-hydrogen) atoms. The molecule has 3 aromatic rings. The second-order valence-corrected chi connectivity index (χ2v) is 7.76. The maximum absolute atomic E-state index is 14.2. The van der Waals surface area contributed by atoms with Gasteiger partial charge in [-0.25, -0.2) is 4.39 Å². The number of carbonyl (C=O) groups excluding carboxylic acids is 1. The second-order valence-electron chi connectivity index (χ2n) is 7.76. The fraction of sp³-hybridized carbons (Fsp3) is 0.304. The number of hydrogen-bond acceptors (Lipinski definition) is 4.